The molecule has 1 heterocycles. The third-order valence-corrected chi connectivity index (χ3v) is 4.16. The summed E-state index contributed by atoms with van der Waals surface area (Å²) in [5.74, 6) is -6.79. The average molecular weight is 351 g/mol. The summed E-state index contributed by atoms with van der Waals surface area (Å²) in [4.78, 5) is 34.1. The fourth-order valence-electron chi connectivity index (χ4n) is 2.51. The summed E-state index contributed by atoms with van der Waals surface area (Å²) in [5, 5.41) is 58.5. The normalized spacial score (nSPS) is 37.3. The lowest BCUT2D eigenvalue weighted by atomic mass is 9.74. The van der Waals surface area contributed by atoms with Crippen molar-refractivity contribution in [2.75, 3.05) is 0 Å². The summed E-state index contributed by atoms with van der Waals surface area (Å²) >= 11 is 0. The summed E-state index contributed by atoms with van der Waals surface area (Å²) in [5.41, 5.74) is 3.37. The van der Waals surface area contributed by atoms with E-state index in [1.54, 1.807) is 0 Å². The lowest BCUT2D eigenvalue weighted by molar-refractivity contribution is -0.304. The Labute approximate surface area is 136 Å². The van der Waals surface area contributed by atoms with Crippen molar-refractivity contribution in [3.05, 3.63) is 0 Å². The largest absolute Gasteiger partial charge is 0.477 e. The molecule has 0 spiro atoms. The van der Waals surface area contributed by atoms with Crippen LogP contribution in [0, 0.1) is 0 Å². The molecule has 7 atom stereocenters. The van der Waals surface area contributed by atoms with Crippen LogP contribution in [0.1, 0.15) is 20.3 Å². The van der Waals surface area contributed by atoms with Gasteiger partial charge >= 0.3 is 5.97 Å². The Morgan fingerprint density at radius 2 is 1.71 bits per heavy atom. The topological polar surface area (TPSA) is 208 Å². The molecule has 0 bridgehead atoms. The van der Waals surface area contributed by atoms with Crippen molar-refractivity contribution in [2.24, 2.45) is 5.73 Å². The van der Waals surface area contributed by atoms with Crippen molar-refractivity contribution in [3.63, 3.8) is 0 Å². The van der Waals surface area contributed by atoms with Crippen LogP contribution in [-0.2, 0) is 19.1 Å². The standard InChI is InChI=1S/C13H21NO10/c1-4(15)7(18)8(19)9(20)10-13(14,5(2)16)6(17)3-12(23,24-10)11(21)22/h6-10,17-20,23H,3,14H2,1-2H3,(H,21,22)/t6-,7?,8+,9+,10-,12+,13+/m0/s1. The van der Waals surface area contributed by atoms with E-state index in [0.29, 0.717) is 0 Å². The van der Waals surface area contributed by atoms with Crippen molar-refractivity contribution in [1.29, 1.82) is 0 Å². The summed E-state index contributed by atoms with van der Waals surface area (Å²) in [6, 6.07) is 0. The van der Waals surface area contributed by atoms with Gasteiger partial charge in [-0.2, -0.15) is 0 Å². The first kappa shape index (κ1) is 20.6. The number of carbonyl (C=O) groups excluding carboxylic acids is 2. The predicted molar refractivity (Wildman–Crippen MR) is 74.4 cm³/mol. The Morgan fingerprint density at radius 3 is 2.08 bits per heavy atom. The molecule has 0 aromatic carbocycles. The zero-order valence-corrected chi connectivity index (χ0v) is 13.0. The van der Waals surface area contributed by atoms with Gasteiger partial charge in [-0.15, -0.1) is 0 Å². The summed E-state index contributed by atoms with van der Waals surface area (Å²) < 4.78 is 4.81. The number of ether oxygens (including phenoxy) is 1. The molecule has 11 nitrogen and oxygen atoms in total. The number of Topliss-reactive ketones (excluding diaryl/α,β-unsaturated/α-hetero) is 2. The van der Waals surface area contributed by atoms with E-state index in [1.807, 2.05) is 0 Å². The molecule has 138 valence electrons. The quantitative estimate of drug-likeness (QED) is 0.244. The minimum absolute atomic E-state index is 0.908. The second-order valence-corrected chi connectivity index (χ2v) is 5.87. The minimum Gasteiger partial charge on any atom is -0.477 e. The molecule has 0 aliphatic carbocycles. The van der Waals surface area contributed by atoms with E-state index in [0.717, 1.165) is 13.8 Å². The third-order valence-electron chi connectivity index (χ3n) is 4.16. The van der Waals surface area contributed by atoms with E-state index in [9.17, 15) is 39.9 Å². The number of ketones is 2. The van der Waals surface area contributed by atoms with E-state index in [2.05, 4.69) is 0 Å². The number of aliphatic carboxylic acids is 1. The molecule has 0 aromatic heterocycles. The van der Waals surface area contributed by atoms with Crippen molar-refractivity contribution in [1.82, 2.24) is 0 Å². The number of aliphatic hydroxyl groups is 5. The summed E-state index contributed by atoms with van der Waals surface area (Å²) in [7, 11) is 0. The maximum absolute atomic E-state index is 11.8. The van der Waals surface area contributed by atoms with Gasteiger partial charge in [0.2, 0.25) is 0 Å². The van der Waals surface area contributed by atoms with Gasteiger partial charge in [0.15, 0.2) is 11.6 Å². The third kappa shape index (κ3) is 3.32. The van der Waals surface area contributed by atoms with E-state index < -0.39 is 65.8 Å². The number of hydrogen-bond donors (Lipinski definition) is 7. The molecule has 0 radical (unpaired) electrons. The Balaban J connectivity index is 3.31. The Morgan fingerprint density at radius 1 is 1.21 bits per heavy atom. The predicted octanol–water partition coefficient (Wildman–Crippen LogP) is -4.13. The van der Waals surface area contributed by atoms with Crippen molar-refractivity contribution >= 4 is 17.5 Å². The van der Waals surface area contributed by atoms with Gasteiger partial charge < -0.3 is 41.1 Å². The van der Waals surface area contributed by atoms with Gasteiger partial charge in [0, 0.05) is 6.42 Å². The van der Waals surface area contributed by atoms with Crippen LogP contribution in [0.4, 0.5) is 0 Å². The number of hydrogen-bond acceptors (Lipinski definition) is 10. The van der Waals surface area contributed by atoms with Crippen molar-refractivity contribution < 1.29 is 49.8 Å². The Bertz CT molecular complexity index is 539. The van der Waals surface area contributed by atoms with Crippen LogP contribution in [0.25, 0.3) is 0 Å². The van der Waals surface area contributed by atoms with Gasteiger partial charge in [-0.1, -0.05) is 0 Å². The molecule has 8 N–H and O–H groups in total. The van der Waals surface area contributed by atoms with Crippen LogP contribution < -0.4 is 5.73 Å². The van der Waals surface area contributed by atoms with E-state index in [1.165, 1.54) is 0 Å². The smallest absolute Gasteiger partial charge is 0.364 e. The summed E-state index contributed by atoms with van der Waals surface area (Å²) in [6.07, 6.45) is -11.6. The van der Waals surface area contributed by atoms with Crippen LogP contribution >= 0.6 is 0 Å². The number of aliphatic hydroxyl groups excluding tert-OH is 4. The molecule has 0 amide bonds. The Kier molecular flexibility index (Phi) is 5.83. The van der Waals surface area contributed by atoms with E-state index in [4.69, 9.17) is 15.6 Å². The molecule has 1 aliphatic heterocycles. The summed E-state index contributed by atoms with van der Waals surface area (Å²) in [6.45, 7) is 1.83. The number of carbonyl (C=O) groups is 3. The van der Waals surface area contributed by atoms with Gasteiger partial charge in [0.25, 0.3) is 5.79 Å². The van der Waals surface area contributed by atoms with Crippen LogP contribution in [0.15, 0.2) is 0 Å². The molecular formula is C13H21NO10. The molecule has 1 aliphatic rings. The van der Waals surface area contributed by atoms with Crippen LogP contribution in [0.2, 0.25) is 0 Å². The highest BCUT2D eigenvalue weighted by atomic mass is 16.7. The Hall–Kier alpha value is -1.47. The van der Waals surface area contributed by atoms with Gasteiger partial charge in [0.1, 0.15) is 30.0 Å². The highest BCUT2D eigenvalue weighted by molar-refractivity contribution is 5.88. The minimum atomic E-state index is -3.00. The zero-order chi connectivity index (χ0) is 19.0. The molecule has 1 rings (SSSR count). The molecule has 0 saturated carbocycles. The van der Waals surface area contributed by atoms with Crippen molar-refractivity contribution in [3.8, 4) is 0 Å². The molecule has 24 heavy (non-hydrogen) atoms. The van der Waals surface area contributed by atoms with Crippen LogP contribution in [-0.4, -0.2) is 90.0 Å². The maximum atomic E-state index is 11.8. The van der Waals surface area contributed by atoms with E-state index >= 15 is 0 Å². The van der Waals surface area contributed by atoms with Gasteiger partial charge in [-0.3, -0.25) is 9.59 Å². The number of carboxylic acids is 1. The molecule has 11 heteroatoms. The van der Waals surface area contributed by atoms with Crippen LogP contribution in [0.3, 0.4) is 0 Å². The number of carboxylic acid groups (broad SMARTS) is 1. The molecule has 0 aromatic rings. The molecule has 1 fully saturated rings. The maximum Gasteiger partial charge on any atom is 0.364 e. The molecule has 1 saturated heterocycles. The van der Waals surface area contributed by atoms with Gasteiger partial charge in [0.05, 0.1) is 6.10 Å². The first-order chi connectivity index (χ1) is 10.8. The van der Waals surface area contributed by atoms with Gasteiger partial charge in [-0.05, 0) is 13.8 Å². The highest BCUT2D eigenvalue weighted by Gasteiger charge is 2.62. The highest BCUT2D eigenvalue weighted by Crippen LogP contribution is 2.36. The molecular weight excluding hydrogens is 330 g/mol. The monoisotopic (exact) mass is 351 g/mol. The lowest BCUT2D eigenvalue weighted by Gasteiger charge is -2.49. The van der Waals surface area contributed by atoms with Crippen molar-refractivity contribution in [2.45, 2.75) is 62.1 Å². The lowest BCUT2D eigenvalue weighted by Crippen LogP contribution is -2.76. The zero-order valence-electron chi connectivity index (χ0n) is 13.0. The average Bonchev–Trinajstić information content (AvgIpc) is 2.48. The van der Waals surface area contributed by atoms with E-state index in [-0.39, 0.29) is 0 Å². The number of rotatable bonds is 6. The molecule has 1 unspecified atom stereocenters. The second-order valence-electron chi connectivity index (χ2n) is 5.87. The number of nitrogens with two attached hydrogens (primary N) is 1. The SMILES string of the molecule is CC(=O)C(O)[C@@H](O)[C@@H](O)[C@@H]1O[C@@](O)(C(=O)O)C[C@H](O)[C@]1(N)C(C)=O. The van der Waals surface area contributed by atoms with Gasteiger partial charge in [-0.25, -0.2) is 4.79 Å². The fourth-order valence-corrected chi connectivity index (χ4v) is 2.51. The first-order valence-electron chi connectivity index (χ1n) is 6.95. The first-order valence-corrected chi connectivity index (χ1v) is 6.95. The van der Waals surface area contributed by atoms with Crippen LogP contribution in [0.5, 0.6) is 0 Å². The fraction of sp³-hybridized carbons (Fsp3) is 0.769. The second kappa shape index (κ2) is 6.80.